The van der Waals surface area contributed by atoms with Crippen molar-refractivity contribution < 1.29 is 23.1 Å². The van der Waals surface area contributed by atoms with Crippen LogP contribution in [-0.2, 0) is 12.6 Å². The molecular weight excluding hydrogens is 321 g/mol. The number of aliphatic hydroxyl groups is 1. The molecule has 1 atom stereocenters. The molecule has 1 saturated heterocycles. The molecule has 0 unspecified atom stereocenters. The van der Waals surface area contributed by atoms with E-state index in [0.29, 0.717) is 13.1 Å². The lowest BCUT2D eigenvalue weighted by molar-refractivity contribution is -0.138. The Kier molecular flexibility index (Phi) is 6.10. The van der Waals surface area contributed by atoms with E-state index in [0.717, 1.165) is 18.9 Å². The fraction of sp³-hybridized carbons (Fsp3) is 0.588. The van der Waals surface area contributed by atoms with E-state index in [2.05, 4.69) is 5.32 Å². The second kappa shape index (κ2) is 7.88. The second-order valence-corrected chi connectivity index (χ2v) is 6.32. The first-order valence-corrected chi connectivity index (χ1v) is 8.12. The van der Waals surface area contributed by atoms with Gasteiger partial charge in [-0.2, -0.15) is 13.2 Å². The van der Waals surface area contributed by atoms with Gasteiger partial charge in [0.15, 0.2) is 0 Å². The third-order valence-electron chi connectivity index (χ3n) is 4.38. The molecule has 0 bridgehead atoms. The molecule has 1 heterocycles. The summed E-state index contributed by atoms with van der Waals surface area (Å²) in [6, 6.07) is 4.77. The van der Waals surface area contributed by atoms with Gasteiger partial charge in [0, 0.05) is 25.7 Å². The molecule has 24 heavy (non-hydrogen) atoms. The van der Waals surface area contributed by atoms with Gasteiger partial charge in [-0.1, -0.05) is 18.2 Å². The van der Waals surface area contributed by atoms with Crippen LogP contribution in [0.1, 0.15) is 30.9 Å². The molecule has 134 valence electrons. The summed E-state index contributed by atoms with van der Waals surface area (Å²) in [5, 5.41) is 11.9. The zero-order valence-corrected chi connectivity index (χ0v) is 13.6. The van der Waals surface area contributed by atoms with Crippen LogP contribution in [0.3, 0.4) is 0 Å². The summed E-state index contributed by atoms with van der Waals surface area (Å²) in [4.78, 5) is 13.9. The Morgan fingerprint density at radius 2 is 1.96 bits per heavy atom. The first-order chi connectivity index (χ1) is 11.3. The van der Waals surface area contributed by atoms with E-state index in [1.807, 2.05) is 0 Å². The van der Waals surface area contributed by atoms with Crippen LogP contribution < -0.4 is 5.32 Å². The van der Waals surface area contributed by atoms with E-state index in [4.69, 9.17) is 5.11 Å². The monoisotopic (exact) mass is 344 g/mol. The molecule has 2 amide bonds. The van der Waals surface area contributed by atoms with Crippen molar-refractivity contribution in [2.75, 3.05) is 19.7 Å². The zero-order chi connectivity index (χ0) is 17.7. The molecule has 7 heteroatoms. The number of rotatable bonds is 4. The van der Waals surface area contributed by atoms with Gasteiger partial charge in [-0.05, 0) is 43.7 Å². The van der Waals surface area contributed by atoms with Gasteiger partial charge in [0.05, 0.1) is 5.56 Å². The highest BCUT2D eigenvalue weighted by atomic mass is 19.4. The Hall–Kier alpha value is -1.76. The first-order valence-electron chi connectivity index (χ1n) is 8.12. The summed E-state index contributed by atoms with van der Waals surface area (Å²) in [6.07, 6.45) is -2.79. The van der Waals surface area contributed by atoms with E-state index >= 15 is 0 Å². The Morgan fingerprint density at radius 1 is 1.33 bits per heavy atom. The van der Waals surface area contributed by atoms with Gasteiger partial charge in [-0.25, -0.2) is 4.79 Å². The average Bonchev–Trinajstić information content (AvgIpc) is 2.54. The molecule has 2 N–H and O–H groups in total. The predicted molar refractivity (Wildman–Crippen MR) is 84.5 cm³/mol. The van der Waals surface area contributed by atoms with Gasteiger partial charge in [-0.15, -0.1) is 0 Å². The normalized spacial score (nSPS) is 17.6. The van der Waals surface area contributed by atoms with Gasteiger partial charge >= 0.3 is 12.2 Å². The zero-order valence-electron chi connectivity index (χ0n) is 13.6. The molecule has 1 aromatic rings. The van der Waals surface area contributed by atoms with Crippen molar-refractivity contribution in [3.63, 3.8) is 0 Å². The quantitative estimate of drug-likeness (QED) is 0.882. The van der Waals surface area contributed by atoms with E-state index in [1.54, 1.807) is 17.9 Å². The molecule has 2 rings (SSSR count). The molecule has 0 aromatic heterocycles. The second-order valence-electron chi connectivity index (χ2n) is 6.32. The number of carbonyl (C=O) groups excluding carboxylic acids is 1. The molecule has 1 fully saturated rings. The van der Waals surface area contributed by atoms with E-state index in [1.165, 1.54) is 12.1 Å². The first kappa shape index (κ1) is 18.6. The third kappa shape index (κ3) is 4.87. The number of nitrogens with one attached hydrogen (secondary N) is 1. The summed E-state index contributed by atoms with van der Waals surface area (Å²) >= 11 is 0. The predicted octanol–water partition coefficient (Wildman–Crippen LogP) is 3.05. The number of nitrogens with zero attached hydrogens (tertiary/aromatic N) is 1. The van der Waals surface area contributed by atoms with Crippen LogP contribution in [0.4, 0.5) is 18.0 Å². The summed E-state index contributed by atoms with van der Waals surface area (Å²) in [7, 11) is 0. The maximum absolute atomic E-state index is 13.0. The molecule has 0 spiro atoms. The topological polar surface area (TPSA) is 52.6 Å². The minimum atomic E-state index is -4.40. The van der Waals surface area contributed by atoms with E-state index in [-0.39, 0.29) is 30.5 Å². The molecule has 4 nitrogen and oxygen atoms in total. The summed E-state index contributed by atoms with van der Waals surface area (Å²) in [5.41, 5.74) is -0.480. The molecule has 1 aliphatic heterocycles. The number of benzene rings is 1. The lowest BCUT2D eigenvalue weighted by atomic mass is 9.98. The highest BCUT2D eigenvalue weighted by Crippen LogP contribution is 2.32. The number of likely N-dealkylation sites (tertiary alicyclic amines) is 1. The van der Waals surface area contributed by atoms with Crippen molar-refractivity contribution in [3.05, 3.63) is 35.4 Å². The number of carbonyl (C=O) groups is 1. The van der Waals surface area contributed by atoms with Crippen LogP contribution in [-0.4, -0.2) is 41.8 Å². The summed E-state index contributed by atoms with van der Waals surface area (Å²) in [5.74, 6) is 0.227. The standard InChI is InChI=1S/C17H23F3N2O2/c1-12(10-14-4-2-3-5-15(14)17(18,19)20)21-16(24)22-8-6-13(11-23)7-9-22/h2-5,12-13,23H,6-11H2,1H3,(H,21,24)/t12-/m0/s1. The molecule has 0 aliphatic carbocycles. The summed E-state index contributed by atoms with van der Waals surface area (Å²) < 4.78 is 39.0. The number of alkyl halides is 3. The van der Waals surface area contributed by atoms with Crippen LogP contribution >= 0.6 is 0 Å². The van der Waals surface area contributed by atoms with Crippen LogP contribution in [0.5, 0.6) is 0 Å². The summed E-state index contributed by atoms with van der Waals surface area (Å²) in [6.45, 7) is 2.94. The SMILES string of the molecule is C[C@@H](Cc1ccccc1C(F)(F)F)NC(=O)N1CCC(CO)CC1. The van der Waals surface area contributed by atoms with Crippen LogP contribution in [0.2, 0.25) is 0 Å². The van der Waals surface area contributed by atoms with Crippen molar-refractivity contribution in [1.82, 2.24) is 10.2 Å². The Labute approximate surface area is 139 Å². The Bertz CT molecular complexity index is 555. The maximum Gasteiger partial charge on any atom is 0.416 e. The number of urea groups is 1. The van der Waals surface area contributed by atoms with Crippen molar-refractivity contribution in [1.29, 1.82) is 0 Å². The molecular formula is C17H23F3N2O2. The van der Waals surface area contributed by atoms with Crippen molar-refractivity contribution in [2.24, 2.45) is 5.92 Å². The fourth-order valence-corrected chi connectivity index (χ4v) is 2.98. The number of halogens is 3. The maximum atomic E-state index is 13.0. The highest BCUT2D eigenvalue weighted by Gasteiger charge is 2.33. The lowest BCUT2D eigenvalue weighted by Crippen LogP contribution is -2.48. The third-order valence-corrected chi connectivity index (χ3v) is 4.38. The van der Waals surface area contributed by atoms with Gasteiger partial charge in [0.25, 0.3) is 0 Å². The van der Waals surface area contributed by atoms with E-state index < -0.39 is 17.8 Å². The average molecular weight is 344 g/mol. The number of piperidine rings is 1. The number of hydrogen-bond donors (Lipinski definition) is 2. The van der Waals surface area contributed by atoms with Crippen LogP contribution in [0.15, 0.2) is 24.3 Å². The number of aliphatic hydroxyl groups excluding tert-OH is 1. The van der Waals surface area contributed by atoms with Gasteiger partial charge < -0.3 is 15.3 Å². The largest absolute Gasteiger partial charge is 0.416 e. The molecule has 1 aromatic carbocycles. The van der Waals surface area contributed by atoms with E-state index in [9.17, 15) is 18.0 Å². The highest BCUT2D eigenvalue weighted by molar-refractivity contribution is 5.74. The van der Waals surface area contributed by atoms with Gasteiger partial charge in [0.1, 0.15) is 0 Å². The van der Waals surface area contributed by atoms with Crippen molar-refractivity contribution in [2.45, 2.75) is 38.4 Å². The molecule has 0 radical (unpaired) electrons. The van der Waals surface area contributed by atoms with Crippen molar-refractivity contribution >= 4 is 6.03 Å². The van der Waals surface area contributed by atoms with Crippen LogP contribution in [0.25, 0.3) is 0 Å². The van der Waals surface area contributed by atoms with Crippen LogP contribution in [0, 0.1) is 5.92 Å². The Balaban J connectivity index is 1.92. The van der Waals surface area contributed by atoms with Crippen molar-refractivity contribution in [3.8, 4) is 0 Å². The van der Waals surface area contributed by atoms with Gasteiger partial charge in [0.2, 0.25) is 0 Å². The lowest BCUT2D eigenvalue weighted by Gasteiger charge is -2.32. The fourth-order valence-electron chi connectivity index (χ4n) is 2.98. The molecule has 1 aliphatic rings. The minimum absolute atomic E-state index is 0.120. The Morgan fingerprint density at radius 3 is 2.54 bits per heavy atom. The van der Waals surface area contributed by atoms with Gasteiger partial charge in [-0.3, -0.25) is 0 Å². The smallest absolute Gasteiger partial charge is 0.396 e. The number of hydrogen-bond acceptors (Lipinski definition) is 2. The minimum Gasteiger partial charge on any atom is -0.396 e. The number of amides is 2. The molecule has 0 saturated carbocycles.